The molecule has 0 saturated heterocycles. The van der Waals surface area contributed by atoms with E-state index < -0.39 is 0 Å². The maximum atomic E-state index is 2.34. The monoisotopic (exact) mass is 450 g/mol. The third-order valence-corrected chi connectivity index (χ3v) is 6.62. The van der Waals surface area contributed by atoms with Crippen molar-refractivity contribution in [1.82, 2.24) is 0 Å². The molecule has 35 heavy (non-hydrogen) atoms. The van der Waals surface area contributed by atoms with Crippen LogP contribution in [0.3, 0.4) is 0 Å². The zero-order valence-electron chi connectivity index (χ0n) is 19.7. The van der Waals surface area contributed by atoms with Gasteiger partial charge in [-0.3, -0.25) is 0 Å². The predicted octanol–water partition coefficient (Wildman–Crippen LogP) is 9.23. The molecule has 0 aliphatic heterocycles. The summed E-state index contributed by atoms with van der Waals surface area (Å²) in [7, 11) is 2.11. The van der Waals surface area contributed by atoms with Gasteiger partial charge in [0.25, 0.3) is 0 Å². The Balaban J connectivity index is 1.45. The summed E-state index contributed by atoms with van der Waals surface area (Å²) >= 11 is 0. The van der Waals surface area contributed by atoms with E-state index in [0.717, 1.165) is 22.7 Å². The minimum atomic E-state index is 1.13. The molecule has 0 aromatic heterocycles. The molecule has 0 unspecified atom stereocenters. The van der Waals surface area contributed by atoms with Gasteiger partial charge in [-0.1, -0.05) is 78.9 Å². The number of benzene rings is 6. The van der Waals surface area contributed by atoms with Gasteiger partial charge in [0.15, 0.2) is 0 Å². The summed E-state index contributed by atoms with van der Waals surface area (Å²) in [5.41, 5.74) is 5.73. The van der Waals surface area contributed by atoms with Crippen molar-refractivity contribution in [2.45, 2.75) is 0 Å². The summed E-state index contributed by atoms with van der Waals surface area (Å²) in [6.45, 7) is 0. The van der Waals surface area contributed by atoms with E-state index in [9.17, 15) is 0 Å². The molecule has 2 nitrogen and oxygen atoms in total. The molecule has 6 aromatic rings. The van der Waals surface area contributed by atoms with E-state index in [4.69, 9.17) is 0 Å². The van der Waals surface area contributed by atoms with Crippen molar-refractivity contribution in [2.24, 2.45) is 0 Å². The number of hydrogen-bond donors (Lipinski definition) is 0. The average molecular weight is 451 g/mol. The van der Waals surface area contributed by atoms with Crippen LogP contribution in [-0.4, -0.2) is 7.05 Å². The molecule has 0 bridgehead atoms. The second-order valence-corrected chi connectivity index (χ2v) is 8.81. The minimum Gasteiger partial charge on any atom is -0.345 e. The third-order valence-electron chi connectivity index (χ3n) is 6.62. The molecule has 0 heterocycles. The summed E-state index contributed by atoms with van der Waals surface area (Å²) in [6, 6.07) is 49.7. The van der Waals surface area contributed by atoms with Gasteiger partial charge in [-0.05, 0) is 82.2 Å². The van der Waals surface area contributed by atoms with E-state index in [0.29, 0.717) is 0 Å². The lowest BCUT2D eigenvalue weighted by atomic mass is 10.1. The molecule has 0 spiro atoms. The van der Waals surface area contributed by atoms with Crippen LogP contribution < -0.4 is 9.80 Å². The van der Waals surface area contributed by atoms with E-state index >= 15 is 0 Å². The van der Waals surface area contributed by atoms with Gasteiger partial charge in [0.2, 0.25) is 0 Å². The lowest BCUT2D eigenvalue weighted by molar-refractivity contribution is 1.20. The second-order valence-electron chi connectivity index (χ2n) is 8.81. The summed E-state index contributed by atoms with van der Waals surface area (Å²) in [5.74, 6) is 0. The Hall–Kier alpha value is -4.56. The molecule has 2 heteroatoms. The molecule has 0 N–H and O–H groups in total. The Morgan fingerprint density at radius 1 is 0.343 bits per heavy atom. The van der Waals surface area contributed by atoms with Gasteiger partial charge in [-0.15, -0.1) is 0 Å². The van der Waals surface area contributed by atoms with Gasteiger partial charge in [0.05, 0.1) is 0 Å². The van der Waals surface area contributed by atoms with E-state index in [-0.39, 0.29) is 0 Å². The van der Waals surface area contributed by atoms with E-state index in [1.165, 1.54) is 27.2 Å². The molecular formula is C33H26N2. The fourth-order valence-corrected chi connectivity index (χ4v) is 4.70. The van der Waals surface area contributed by atoms with Crippen LogP contribution in [0.5, 0.6) is 0 Å². The summed E-state index contributed by atoms with van der Waals surface area (Å²) in [5, 5.41) is 4.96. The van der Waals surface area contributed by atoms with Crippen LogP contribution in [0.2, 0.25) is 0 Å². The molecular weight excluding hydrogens is 424 g/mol. The highest BCUT2D eigenvalue weighted by Gasteiger charge is 2.14. The zero-order chi connectivity index (χ0) is 23.6. The molecule has 0 atom stereocenters. The van der Waals surface area contributed by atoms with Crippen LogP contribution >= 0.6 is 0 Å². The zero-order valence-corrected chi connectivity index (χ0v) is 19.7. The highest BCUT2D eigenvalue weighted by Crippen LogP contribution is 2.38. The number of nitrogens with zero attached hydrogens (tertiary/aromatic N) is 2. The first kappa shape index (κ1) is 21.0. The Labute approximate surface area is 206 Å². The topological polar surface area (TPSA) is 6.48 Å². The van der Waals surface area contributed by atoms with Gasteiger partial charge in [0.1, 0.15) is 0 Å². The van der Waals surface area contributed by atoms with Crippen LogP contribution in [0.1, 0.15) is 0 Å². The lowest BCUT2D eigenvalue weighted by Crippen LogP contribution is -2.12. The molecule has 6 aromatic carbocycles. The molecule has 0 saturated carbocycles. The van der Waals surface area contributed by atoms with Gasteiger partial charge in [0, 0.05) is 35.5 Å². The van der Waals surface area contributed by atoms with Gasteiger partial charge in [-0.2, -0.15) is 0 Å². The molecule has 0 radical (unpaired) electrons. The minimum absolute atomic E-state index is 1.13. The second kappa shape index (κ2) is 9.00. The first-order valence-electron chi connectivity index (χ1n) is 11.9. The van der Waals surface area contributed by atoms with Gasteiger partial charge >= 0.3 is 0 Å². The van der Waals surface area contributed by atoms with Crippen molar-refractivity contribution < 1.29 is 0 Å². The first-order valence-corrected chi connectivity index (χ1v) is 11.9. The van der Waals surface area contributed by atoms with Crippen molar-refractivity contribution in [3.8, 4) is 0 Å². The maximum absolute atomic E-state index is 2.34. The van der Waals surface area contributed by atoms with Crippen LogP contribution in [0.25, 0.3) is 21.5 Å². The highest BCUT2D eigenvalue weighted by atomic mass is 15.1. The van der Waals surface area contributed by atoms with Crippen molar-refractivity contribution in [2.75, 3.05) is 16.8 Å². The molecule has 168 valence electrons. The van der Waals surface area contributed by atoms with Crippen LogP contribution in [0.4, 0.5) is 28.4 Å². The largest absolute Gasteiger partial charge is 0.345 e. The van der Waals surface area contributed by atoms with E-state index in [1.807, 2.05) is 6.07 Å². The Morgan fingerprint density at radius 3 is 1.29 bits per heavy atom. The third kappa shape index (κ3) is 4.11. The van der Waals surface area contributed by atoms with Crippen molar-refractivity contribution in [1.29, 1.82) is 0 Å². The Kier molecular flexibility index (Phi) is 5.40. The molecule has 6 rings (SSSR count). The fraction of sp³-hybridized carbons (Fsp3) is 0.0303. The molecule has 0 fully saturated rings. The Bertz CT molecular complexity index is 1520. The van der Waals surface area contributed by atoms with Crippen molar-refractivity contribution in [3.05, 3.63) is 140 Å². The number of anilines is 5. The summed E-state index contributed by atoms with van der Waals surface area (Å²) in [6.07, 6.45) is 0. The van der Waals surface area contributed by atoms with Crippen molar-refractivity contribution in [3.63, 3.8) is 0 Å². The van der Waals surface area contributed by atoms with E-state index in [1.54, 1.807) is 0 Å². The number of hydrogen-bond acceptors (Lipinski definition) is 2. The fourth-order valence-electron chi connectivity index (χ4n) is 4.70. The lowest BCUT2D eigenvalue weighted by Gasteiger charge is -2.27. The highest BCUT2D eigenvalue weighted by molar-refractivity contribution is 5.92. The van der Waals surface area contributed by atoms with Crippen LogP contribution in [-0.2, 0) is 0 Å². The van der Waals surface area contributed by atoms with Crippen molar-refractivity contribution >= 4 is 50.0 Å². The molecule has 0 amide bonds. The quantitative estimate of drug-likeness (QED) is 0.258. The molecule has 0 aliphatic rings. The predicted molar refractivity (Wildman–Crippen MR) is 151 cm³/mol. The van der Waals surface area contributed by atoms with Crippen LogP contribution in [0.15, 0.2) is 140 Å². The normalized spacial score (nSPS) is 11.0. The van der Waals surface area contributed by atoms with Gasteiger partial charge in [-0.25, -0.2) is 0 Å². The smallest absolute Gasteiger partial charge is 0.0468 e. The molecule has 0 aliphatic carbocycles. The number of rotatable bonds is 5. The summed E-state index contributed by atoms with van der Waals surface area (Å²) in [4.78, 5) is 4.55. The van der Waals surface area contributed by atoms with Gasteiger partial charge < -0.3 is 9.80 Å². The SMILES string of the molecule is CN(c1ccccc1)c1ccc(N(c2ccc3ccccc3c2)c2ccc3ccccc3c2)cc1. The standard InChI is InChI=1S/C33H26N2/c1-34(29-13-3-2-4-14-29)30-19-21-31(22-20-30)35(32-17-15-25-9-5-7-11-27(25)23-32)33-18-16-26-10-6-8-12-28(26)24-33/h2-24H,1H3. The number of fused-ring (bicyclic) bond motifs is 2. The Morgan fingerprint density at radius 2 is 0.743 bits per heavy atom. The maximum Gasteiger partial charge on any atom is 0.0468 e. The first-order chi connectivity index (χ1) is 17.3. The average Bonchev–Trinajstić information content (AvgIpc) is 2.93. The van der Waals surface area contributed by atoms with Crippen LogP contribution in [0, 0.1) is 0 Å². The van der Waals surface area contributed by atoms with E-state index in [2.05, 4.69) is 150 Å². The number of para-hydroxylation sites is 1. The summed E-state index contributed by atoms with van der Waals surface area (Å²) < 4.78 is 0.